The first kappa shape index (κ1) is 8.97. The number of hydrogen-bond donors (Lipinski definition) is 0. The van der Waals surface area contributed by atoms with E-state index < -0.39 is 0 Å². The van der Waals surface area contributed by atoms with Gasteiger partial charge in [0.1, 0.15) is 0 Å². The molecule has 0 aromatic carbocycles. The maximum absolute atomic E-state index is 5.40. The zero-order valence-electron chi connectivity index (χ0n) is 7.21. The third-order valence-corrected chi connectivity index (χ3v) is 1.56. The molecule has 0 amide bonds. The molecule has 66 valence electrons. The van der Waals surface area contributed by atoms with Crippen molar-refractivity contribution in [2.24, 2.45) is 5.92 Å². The molecule has 1 saturated heterocycles. The Morgan fingerprint density at radius 3 is 2.00 bits per heavy atom. The van der Waals surface area contributed by atoms with Crippen LogP contribution in [0.4, 0.5) is 0 Å². The van der Waals surface area contributed by atoms with E-state index >= 15 is 0 Å². The van der Waals surface area contributed by atoms with Crippen LogP contribution in [0.2, 0.25) is 0 Å². The Morgan fingerprint density at radius 1 is 1.00 bits per heavy atom. The van der Waals surface area contributed by atoms with Crippen molar-refractivity contribution in [2.45, 2.75) is 20.1 Å². The van der Waals surface area contributed by atoms with Crippen molar-refractivity contribution in [2.75, 3.05) is 26.4 Å². The summed E-state index contributed by atoms with van der Waals surface area (Å²) < 4.78 is 15.9. The van der Waals surface area contributed by atoms with E-state index in [2.05, 4.69) is 13.8 Å². The number of rotatable bonds is 1. The molecule has 1 aliphatic rings. The van der Waals surface area contributed by atoms with Gasteiger partial charge in [-0.05, 0) is 0 Å². The Morgan fingerprint density at radius 2 is 1.55 bits per heavy atom. The lowest BCUT2D eigenvalue weighted by molar-refractivity contribution is -0.196. The summed E-state index contributed by atoms with van der Waals surface area (Å²) in [6.45, 7) is 6.84. The minimum absolute atomic E-state index is 0.0427. The van der Waals surface area contributed by atoms with Crippen LogP contribution in [0.1, 0.15) is 13.8 Å². The molecule has 0 unspecified atom stereocenters. The van der Waals surface area contributed by atoms with Crippen molar-refractivity contribution in [3.05, 3.63) is 0 Å². The molecule has 1 heterocycles. The van der Waals surface area contributed by atoms with Crippen LogP contribution in [-0.4, -0.2) is 32.7 Å². The molecule has 0 radical (unpaired) electrons. The van der Waals surface area contributed by atoms with Crippen molar-refractivity contribution in [1.29, 1.82) is 0 Å². The maximum atomic E-state index is 5.40. The first-order valence-electron chi connectivity index (χ1n) is 4.11. The highest BCUT2D eigenvalue weighted by atomic mass is 16.7. The highest BCUT2D eigenvalue weighted by Gasteiger charge is 2.15. The molecule has 0 bridgehead atoms. The van der Waals surface area contributed by atoms with Crippen LogP contribution in [0, 0.1) is 5.92 Å². The zero-order chi connectivity index (χ0) is 8.10. The second-order valence-corrected chi connectivity index (χ2v) is 2.97. The maximum Gasteiger partial charge on any atom is 0.160 e. The molecule has 0 atom stereocenters. The summed E-state index contributed by atoms with van der Waals surface area (Å²) in [4.78, 5) is 0. The molecule has 0 aromatic rings. The predicted octanol–water partition coefficient (Wildman–Crippen LogP) is 1.03. The van der Waals surface area contributed by atoms with E-state index in [1.54, 1.807) is 0 Å². The summed E-state index contributed by atoms with van der Waals surface area (Å²) >= 11 is 0. The molecule has 0 spiro atoms. The Bertz CT molecular complexity index is 95.5. The van der Waals surface area contributed by atoms with Crippen LogP contribution in [0.25, 0.3) is 0 Å². The van der Waals surface area contributed by atoms with Crippen LogP contribution < -0.4 is 0 Å². The standard InChI is InChI=1S/C8H16O3/c1-7(2)8-10-5-3-9-4-6-11-8/h7-8H,3-6H2,1-2H3. The number of hydrogen-bond acceptors (Lipinski definition) is 3. The predicted molar refractivity (Wildman–Crippen MR) is 41.3 cm³/mol. The second-order valence-electron chi connectivity index (χ2n) is 2.97. The molecule has 0 aliphatic carbocycles. The van der Waals surface area contributed by atoms with Crippen LogP contribution in [-0.2, 0) is 14.2 Å². The lowest BCUT2D eigenvalue weighted by Gasteiger charge is -2.24. The van der Waals surface area contributed by atoms with E-state index in [-0.39, 0.29) is 6.29 Å². The normalized spacial score (nSPS) is 23.2. The zero-order valence-corrected chi connectivity index (χ0v) is 7.21. The first-order chi connectivity index (χ1) is 5.30. The van der Waals surface area contributed by atoms with Crippen LogP contribution in [0.3, 0.4) is 0 Å². The largest absolute Gasteiger partial charge is 0.377 e. The highest BCUT2D eigenvalue weighted by Crippen LogP contribution is 2.09. The van der Waals surface area contributed by atoms with Crippen molar-refractivity contribution < 1.29 is 14.2 Å². The third kappa shape index (κ3) is 3.18. The van der Waals surface area contributed by atoms with Crippen molar-refractivity contribution in [3.8, 4) is 0 Å². The van der Waals surface area contributed by atoms with E-state index in [9.17, 15) is 0 Å². The molecule has 0 saturated carbocycles. The first-order valence-corrected chi connectivity index (χ1v) is 4.11. The average Bonchev–Trinajstić information content (AvgIpc) is 1.84. The molecule has 0 N–H and O–H groups in total. The molecule has 1 aliphatic heterocycles. The number of ether oxygens (including phenoxy) is 3. The smallest absolute Gasteiger partial charge is 0.160 e. The van der Waals surface area contributed by atoms with Gasteiger partial charge in [-0.3, -0.25) is 0 Å². The fourth-order valence-corrected chi connectivity index (χ4v) is 0.981. The monoisotopic (exact) mass is 160 g/mol. The summed E-state index contributed by atoms with van der Waals surface area (Å²) in [5.74, 6) is 0.424. The summed E-state index contributed by atoms with van der Waals surface area (Å²) in [6.07, 6.45) is -0.0427. The second kappa shape index (κ2) is 4.70. The Balaban J connectivity index is 2.26. The molecular formula is C8H16O3. The van der Waals surface area contributed by atoms with Gasteiger partial charge < -0.3 is 14.2 Å². The molecule has 0 aromatic heterocycles. The van der Waals surface area contributed by atoms with Gasteiger partial charge in [-0.25, -0.2) is 0 Å². The van der Waals surface area contributed by atoms with Crippen molar-refractivity contribution in [1.82, 2.24) is 0 Å². The molecular weight excluding hydrogens is 144 g/mol. The van der Waals surface area contributed by atoms with E-state index in [1.165, 1.54) is 0 Å². The highest BCUT2D eigenvalue weighted by molar-refractivity contribution is 4.52. The van der Waals surface area contributed by atoms with Gasteiger partial charge in [-0.1, -0.05) is 13.8 Å². The summed E-state index contributed by atoms with van der Waals surface area (Å²) in [7, 11) is 0. The third-order valence-electron chi connectivity index (χ3n) is 1.56. The lowest BCUT2D eigenvalue weighted by Crippen LogP contribution is -2.29. The van der Waals surface area contributed by atoms with Crippen molar-refractivity contribution in [3.63, 3.8) is 0 Å². The SMILES string of the molecule is CC(C)C1OCCOCCO1. The van der Waals surface area contributed by atoms with E-state index in [0.717, 1.165) is 0 Å². The van der Waals surface area contributed by atoms with Gasteiger partial charge in [0.15, 0.2) is 6.29 Å². The van der Waals surface area contributed by atoms with Gasteiger partial charge in [0, 0.05) is 5.92 Å². The van der Waals surface area contributed by atoms with Crippen LogP contribution in [0.5, 0.6) is 0 Å². The quantitative estimate of drug-likeness (QED) is 0.573. The van der Waals surface area contributed by atoms with Crippen molar-refractivity contribution >= 4 is 0 Å². The van der Waals surface area contributed by atoms with E-state index in [1.807, 2.05) is 0 Å². The van der Waals surface area contributed by atoms with E-state index in [4.69, 9.17) is 14.2 Å². The van der Waals surface area contributed by atoms with Crippen LogP contribution in [0.15, 0.2) is 0 Å². The fraction of sp³-hybridized carbons (Fsp3) is 1.00. The fourth-order valence-electron chi connectivity index (χ4n) is 0.981. The van der Waals surface area contributed by atoms with Gasteiger partial charge in [0.05, 0.1) is 26.4 Å². The molecule has 1 rings (SSSR count). The Kier molecular flexibility index (Phi) is 3.83. The Labute approximate surface area is 67.6 Å². The average molecular weight is 160 g/mol. The summed E-state index contributed by atoms with van der Waals surface area (Å²) in [5.41, 5.74) is 0. The Hall–Kier alpha value is -0.120. The van der Waals surface area contributed by atoms with Gasteiger partial charge in [0.25, 0.3) is 0 Å². The van der Waals surface area contributed by atoms with Gasteiger partial charge in [-0.2, -0.15) is 0 Å². The molecule has 3 nitrogen and oxygen atoms in total. The minimum atomic E-state index is -0.0427. The van der Waals surface area contributed by atoms with Gasteiger partial charge in [0.2, 0.25) is 0 Å². The topological polar surface area (TPSA) is 27.7 Å². The molecule has 1 fully saturated rings. The summed E-state index contributed by atoms with van der Waals surface area (Å²) in [5, 5.41) is 0. The molecule has 3 heteroatoms. The van der Waals surface area contributed by atoms with Gasteiger partial charge in [-0.15, -0.1) is 0 Å². The minimum Gasteiger partial charge on any atom is -0.377 e. The lowest BCUT2D eigenvalue weighted by atomic mass is 10.2. The van der Waals surface area contributed by atoms with Crippen LogP contribution >= 0.6 is 0 Å². The van der Waals surface area contributed by atoms with E-state index in [0.29, 0.717) is 32.3 Å². The van der Waals surface area contributed by atoms with Gasteiger partial charge >= 0.3 is 0 Å². The summed E-state index contributed by atoms with van der Waals surface area (Å²) in [6, 6.07) is 0. The molecule has 11 heavy (non-hydrogen) atoms.